The third-order valence-electron chi connectivity index (χ3n) is 6.04. The fraction of sp³-hybridized carbons (Fsp3) is 0.444. The van der Waals surface area contributed by atoms with Crippen LogP contribution < -0.4 is 10.1 Å². The summed E-state index contributed by atoms with van der Waals surface area (Å²) < 4.78 is 10.7. The van der Waals surface area contributed by atoms with Crippen LogP contribution in [0.4, 0.5) is 4.79 Å². The monoisotopic (exact) mass is 542 g/mol. The van der Waals surface area contributed by atoms with Gasteiger partial charge in [-0.3, -0.25) is 14.4 Å². The average Bonchev–Trinajstić information content (AvgIpc) is 2.95. The summed E-state index contributed by atoms with van der Waals surface area (Å²) in [5.41, 5.74) is 1.22. The van der Waals surface area contributed by atoms with Gasteiger partial charge in [0.1, 0.15) is 17.5 Å². The van der Waals surface area contributed by atoms with Gasteiger partial charge in [-0.25, -0.2) is 9.78 Å². The summed E-state index contributed by atoms with van der Waals surface area (Å²) in [6.07, 6.45) is -0.496. The lowest BCUT2D eigenvalue weighted by Crippen LogP contribution is -2.56. The highest BCUT2D eigenvalue weighted by Crippen LogP contribution is 2.24. The number of aliphatic hydroxyl groups excluding tert-OH is 1. The summed E-state index contributed by atoms with van der Waals surface area (Å²) in [7, 11) is 0. The van der Waals surface area contributed by atoms with E-state index in [0.29, 0.717) is 17.9 Å². The van der Waals surface area contributed by atoms with E-state index >= 15 is 0 Å². The van der Waals surface area contributed by atoms with Gasteiger partial charge in [-0.15, -0.1) is 0 Å². The number of aromatic nitrogens is 1. The van der Waals surface area contributed by atoms with E-state index in [1.165, 1.54) is 15.9 Å². The van der Waals surface area contributed by atoms with Crippen LogP contribution in [-0.2, 0) is 14.3 Å². The molecule has 12 heteroatoms. The molecule has 12 nitrogen and oxygen atoms in total. The van der Waals surface area contributed by atoms with E-state index in [2.05, 4.69) is 10.3 Å². The molecule has 0 spiro atoms. The van der Waals surface area contributed by atoms with Crippen LogP contribution in [0.25, 0.3) is 11.3 Å². The van der Waals surface area contributed by atoms with E-state index in [4.69, 9.17) is 14.6 Å². The van der Waals surface area contributed by atoms with Crippen molar-refractivity contribution in [3.05, 3.63) is 48.2 Å². The molecule has 0 bridgehead atoms. The molecule has 1 fully saturated rings. The standard InChI is InChI=1S/C27H34N4O8/c1-2-38-27(37)31-13-11-30(12-14-31)26(36)21(9-10-24(33)34)29-25(35)23-18-20(39-16-6-15-32)17-22(28-23)19-7-4-3-5-8-19/h3-5,7-8,17-18,21,32H,2,6,9-16H2,1H3,(H,29,35)(H,33,34)/t21-/m0/s1. The number of aliphatic hydroxyl groups is 1. The molecule has 1 atom stereocenters. The summed E-state index contributed by atoms with van der Waals surface area (Å²) in [6.45, 7) is 3.11. The highest BCUT2D eigenvalue weighted by atomic mass is 16.6. The van der Waals surface area contributed by atoms with Gasteiger partial charge in [0, 0.05) is 63.3 Å². The number of nitrogens with one attached hydrogen (secondary N) is 1. The lowest BCUT2D eigenvalue weighted by atomic mass is 10.1. The predicted molar refractivity (Wildman–Crippen MR) is 140 cm³/mol. The molecular formula is C27H34N4O8. The van der Waals surface area contributed by atoms with E-state index in [1.54, 1.807) is 13.0 Å². The summed E-state index contributed by atoms with van der Waals surface area (Å²) in [6, 6.07) is 11.2. The zero-order chi connectivity index (χ0) is 28.2. The molecule has 0 radical (unpaired) electrons. The molecule has 3 amide bonds. The van der Waals surface area contributed by atoms with Gasteiger partial charge in [0.25, 0.3) is 5.91 Å². The molecule has 3 N–H and O–H groups in total. The number of pyridine rings is 1. The number of piperazine rings is 1. The zero-order valence-corrected chi connectivity index (χ0v) is 21.9. The average molecular weight is 543 g/mol. The molecule has 2 heterocycles. The number of hydrogen-bond donors (Lipinski definition) is 3. The maximum Gasteiger partial charge on any atom is 0.409 e. The fourth-order valence-corrected chi connectivity index (χ4v) is 4.02. The Morgan fingerprint density at radius 3 is 2.38 bits per heavy atom. The molecular weight excluding hydrogens is 508 g/mol. The van der Waals surface area contributed by atoms with Gasteiger partial charge in [-0.1, -0.05) is 30.3 Å². The van der Waals surface area contributed by atoms with E-state index in [1.807, 2.05) is 30.3 Å². The number of carbonyl (C=O) groups is 4. The molecule has 1 aliphatic heterocycles. The number of rotatable bonds is 12. The van der Waals surface area contributed by atoms with Crippen molar-refractivity contribution in [3.63, 3.8) is 0 Å². The van der Waals surface area contributed by atoms with Gasteiger partial charge in [0.05, 0.1) is 18.9 Å². The van der Waals surface area contributed by atoms with Crippen LogP contribution in [0.1, 0.15) is 36.7 Å². The first-order valence-corrected chi connectivity index (χ1v) is 12.9. The Morgan fingerprint density at radius 1 is 1.05 bits per heavy atom. The van der Waals surface area contributed by atoms with Crippen LogP contribution in [0, 0.1) is 0 Å². The highest BCUT2D eigenvalue weighted by molar-refractivity contribution is 5.97. The van der Waals surface area contributed by atoms with Crippen LogP contribution in [-0.4, -0.2) is 101 Å². The van der Waals surface area contributed by atoms with Crippen molar-refractivity contribution in [1.82, 2.24) is 20.1 Å². The Hall–Kier alpha value is -4.19. The first-order chi connectivity index (χ1) is 18.8. The summed E-state index contributed by atoms with van der Waals surface area (Å²) in [5, 5.41) is 20.9. The lowest BCUT2D eigenvalue weighted by Gasteiger charge is -2.35. The second kappa shape index (κ2) is 14.7. The van der Waals surface area contributed by atoms with Crippen molar-refractivity contribution >= 4 is 23.9 Å². The van der Waals surface area contributed by atoms with E-state index in [0.717, 1.165) is 5.56 Å². The van der Waals surface area contributed by atoms with Crippen LogP contribution in [0.2, 0.25) is 0 Å². The van der Waals surface area contributed by atoms with Gasteiger partial charge < -0.3 is 34.8 Å². The lowest BCUT2D eigenvalue weighted by molar-refractivity contribution is -0.138. The molecule has 2 aromatic rings. The third kappa shape index (κ3) is 8.67. The molecule has 210 valence electrons. The van der Waals surface area contributed by atoms with Crippen molar-refractivity contribution in [2.45, 2.75) is 32.2 Å². The number of carboxylic acids is 1. The number of hydrogen-bond acceptors (Lipinski definition) is 8. The van der Waals surface area contributed by atoms with Gasteiger partial charge in [-0.2, -0.15) is 0 Å². The second-order valence-corrected chi connectivity index (χ2v) is 8.83. The number of ether oxygens (including phenoxy) is 2. The van der Waals surface area contributed by atoms with Crippen molar-refractivity contribution in [3.8, 4) is 17.0 Å². The molecule has 1 saturated heterocycles. The Kier molecular flexibility index (Phi) is 11.0. The number of nitrogens with zero attached hydrogens (tertiary/aromatic N) is 3. The molecule has 0 aliphatic carbocycles. The van der Waals surface area contributed by atoms with Gasteiger partial charge in [0.2, 0.25) is 5.91 Å². The predicted octanol–water partition coefficient (Wildman–Crippen LogP) is 1.77. The molecule has 1 aliphatic rings. The molecule has 0 saturated carbocycles. The molecule has 1 aromatic heterocycles. The molecule has 39 heavy (non-hydrogen) atoms. The zero-order valence-electron chi connectivity index (χ0n) is 21.9. The minimum Gasteiger partial charge on any atom is -0.493 e. The summed E-state index contributed by atoms with van der Waals surface area (Å²) in [5.74, 6) is -1.83. The fourth-order valence-electron chi connectivity index (χ4n) is 4.02. The minimum absolute atomic E-state index is 0.00407. The number of amides is 3. The van der Waals surface area contributed by atoms with Crippen LogP contribution in [0.15, 0.2) is 42.5 Å². The van der Waals surface area contributed by atoms with Crippen molar-refractivity contribution in [2.24, 2.45) is 0 Å². The van der Waals surface area contributed by atoms with Crippen molar-refractivity contribution < 1.29 is 38.9 Å². The first kappa shape index (κ1) is 29.4. The summed E-state index contributed by atoms with van der Waals surface area (Å²) in [4.78, 5) is 57.3. The topological polar surface area (TPSA) is 159 Å². The van der Waals surface area contributed by atoms with Crippen LogP contribution >= 0.6 is 0 Å². The van der Waals surface area contributed by atoms with E-state index < -0.39 is 29.9 Å². The van der Waals surface area contributed by atoms with Gasteiger partial charge >= 0.3 is 12.1 Å². The van der Waals surface area contributed by atoms with Gasteiger partial charge in [-0.05, 0) is 13.3 Å². The quantitative estimate of drug-likeness (QED) is 0.340. The maximum atomic E-state index is 13.3. The number of carboxylic acid groups (broad SMARTS) is 1. The Morgan fingerprint density at radius 2 is 1.74 bits per heavy atom. The second-order valence-electron chi connectivity index (χ2n) is 8.83. The highest BCUT2D eigenvalue weighted by Gasteiger charge is 2.31. The first-order valence-electron chi connectivity index (χ1n) is 12.9. The third-order valence-corrected chi connectivity index (χ3v) is 6.04. The van der Waals surface area contributed by atoms with E-state index in [-0.39, 0.29) is 64.5 Å². The minimum atomic E-state index is -1.11. The van der Waals surface area contributed by atoms with Crippen molar-refractivity contribution in [1.29, 1.82) is 0 Å². The largest absolute Gasteiger partial charge is 0.493 e. The van der Waals surface area contributed by atoms with Gasteiger partial charge in [0.15, 0.2) is 0 Å². The number of benzene rings is 1. The van der Waals surface area contributed by atoms with Crippen molar-refractivity contribution in [2.75, 3.05) is 46.0 Å². The van der Waals surface area contributed by atoms with Crippen LogP contribution in [0.3, 0.4) is 0 Å². The molecule has 3 rings (SSSR count). The Balaban J connectivity index is 1.78. The maximum absolute atomic E-state index is 13.3. The number of aliphatic carboxylic acids is 1. The summed E-state index contributed by atoms with van der Waals surface area (Å²) >= 11 is 0. The van der Waals surface area contributed by atoms with Crippen LogP contribution in [0.5, 0.6) is 5.75 Å². The normalized spacial score (nSPS) is 13.9. The SMILES string of the molecule is CCOC(=O)N1CCN(C(=O)[C@H](CCC(=O)O)NC(=O)c2cc(OCCCO)cc(-c3ccccc3)n2)CC1. The molecule has 0 unspecified atom stereocenters. The Bertz CT molecular complexity index is 1140. The smallest absolute Gasteiger partial charge is 0.409 e. The van der Waals surface area contributed by atoms with E-state index in [9.17, 15) is 24.3 Å². The Labute approximate surface area is 226 Å². The molecule has 1 aromatic carbocycles. The number of carbonyl (C=O) groups excluding carboxylic acids is 3.